The van der Waals surface area contributed by atoms with Gasteiger partial charge in [0, 0.05) is 16.1 Å². The smallest absolute Gasteiger partial charge is 0.129 e. The van der Waals surface area contributed by atoms with E-state index < -0.39 is 0 Å². The highest BCUT2D eigenvalue weighted by Gasteiger charge is 2.13. The second-order valence-electron chi connectivity index (χ2n) is 4.83. The topological polar surface area (TPSA) is 12.0 Å². The Bertz CT molecular complexity index is 352. The second kappa shape index (κ2) is 7.12. The zero-order chi connectivity index (χ0) is 12.8. The number of benzene rings is 1. The van der Waals surface area contributed by atoms with E-state index in [1.54, 1.807) is 0 Å². The van der Waals surface area contributed by atoms with E-state index in [-0.39, 0.29) is 11.9 Å². The molecule has 0 aliphatic carbocycles. The van der Waals surface area contributed by atoms with Crippen LogP contribution in [0.25, 0.3) is 0 Å². The lowest BCUT2D eigenvalue weighted by molar-refractivity contribution is 0.456. The van der Waals surface area contributed by atoms with Crippen LogP contribution in [0.5, 0.6) is 0 Å². The Hall–Kier alpha value is -0.410. The van der Waals surface area contributed by atoms with Crippen molar-refractivity contribution in [3.05, 3.63) is 34.1 Å². The van der Waals surface area contributed by atoms with Gasteiger partial charge in [-0.25, -0.2) is 4.39 Å². The molecule has 0 spiro atoms. The van der Waals surface area contributed by atoms with Crippen LogP contribution in [0.4, 0.5) is 4.39 Å². The lowest BCUT2D eigenvalue weighted by atomic mass is 9.98. The molecule has 0 fully saturated rings. The highest BCUT2D eigenvalue weighted by atomic mass is 79.9. The van der Waals surface area contributed by atoms with Crippen LogP contribution >= 0.6 is 15.9 Å². The number of hydrogen-bond acceptors (Lipinski definition) is 1. The minimum atomic E-state index is -0.136. The molecule has 0 heterocycles. The molecule has 0 saturated carbocycles. The molecular formula is C14H21BrFN. The van der Waals surface area contributed by atoms with Gasteiger partial charge in [-0.15, -0.1) is 0 Å². The summed E-state index contributed by atoms with van der Waals surface area (Å²) in [4.78, 5) is 0. The van der Waals surface area contributed by atoms with Crippen LogP contribution in [0.1, 0.15) is 44.7 Å². The Labute approximate surface area is 112 Å². The van der Waals surface area contributed by atoms with Gasteiger partial charge in [0.1, 0.15) is 5.82 Å². The molecule has 0 saturated heterocycles. The third-order valence-electron chi connectivity index (χ3n) is 2.96. The number of halogens is 2. The summed E-state index contributed by atoms with van der Waals surface area (Å²) in [6, 6.07) is 5.39. The molecule has 1 aromatic rings. The van der Waals surface area contributed by atoms with Gasteiger partial charge < -0.3 is 5.32 Å². The Kier molecular flexibility index (Phi) is 6.14. The number of hydrogen-bond donors (Lipinski definition) is 1. The maximum absolute atomic E-state index is 13.8. The molecule has 1 nitrogen and oxygen atoms in total. The highest BCUT2D eigenvalue weighted by molar-refractivity contribution is 9.10. The lowest BCUT2D eigenvalue weighted by Gasteiger charge is -2.18. The van der Waals surface area contributed by atoms with Crippen LogP contribution in [-0.4, -0.2) is 7.05 Å². The maximum atomic E-state index is 13.8. The summed E-state index contributed by atoms with van der Waals surface area (Å²) in [5.41, 5.74) is 0.763. The van der Waals surface area contributed by atoms with Gasteiger partial charge >= 0.3 is 0 Å². The first-order chi connectivity index (χ1) is 8.04. The standard InChI is InChI=1S/C14H21BrFN/c1-10(2)5-4-6-14(17-3)12-8-7-11(15)9-13(12)16/h7-10,14,17H,4-6H2,1-3H3. The van der Waals surface area contributed by atoms with E-state index in [9.17, 15) is 4.39 Å². The van der Waals surface area contributed by atoms with Crippen LogP contribution in [0.2, 0.25) is 0 Å². The Morgan fingerprint density at radius 1 is 1.29 bits per heavy atom. The molecule has 1 N–H and O–H groups in total. The van der Waals surface area contributed by atoms with E-state index in [1.807, 2.05) is 19.2 Å². The largest absolute Gasteiger partial charge is 0.313 e. The van der Waals surface area contributed by atoms with E-state index in [0.29, 0.717) is 5.92 Å². The summed E-state index contributed by atoms with van der Waals surface area (Å²) in [5, 5.41) is 3.20. The predicted molar refractivity (Wildman–Crippen MR) is 74.6 cm³/mol. The van der Waals surface area contributed by atoms with E-state index >= 15 is 0 Å². The van der Waals surface area contributed by atoms with Crippen molar-refractivity contribution in [1.82, 2.24) is 5.32 Å². The molecular weight excluding hydrogens is 281 g/mol. The minimum Gasteiger partial charge on any atom is -0.313 e. The van der Waals surface area contributed by atoms with Gasteiger partial charge in [0.25, 0.3) is 0 Å². The van der Waals surface area contributed by atoms with Gasteiger partial charge in [-0.1, -0.05) is 48.7 Å². The van der Waals surface area contributed by atoms with Crippen molar-refractivity contribution < 1.29 is 4.39 Å². The molecule has 0 amide bonds. The molecule has 0 bridgehead atoms. The summed E-state index contributed by atoms with van der Waals surface area (Å²) < 4.78 is 14.6. The summed E-state index contributed by atoms with van der Waals surface area (Å²) in [5.74, 6) is 0.575. The summed E-state index contributed by atoms with van der Waals surface area (Å²) >= 11 is 3.28. The van der Waals surface area contributed by atoms with Crippen molar-refractivity contribution >= 4 is 15.9 Å². The van der Waals surface area contributed by atoms with Crippen molar-refractivity contribution in [2.75, 3.05) is 7.05 Å². The first-order valence-corrected chi connectivity index (χ1v) is 6.96. The van der Waals surface area contributed by atoms with Crippen molar-refractivity contribution in [1.29, 1.82) is 0 Å². The molecule has 0 aromatic heterocycles. The van der Waals surface area contributed by atoms with Crippen LogP contribution in [0, 0.1) is 11.7 Å². The van der Waals surface area contributed by atoms with Crippen molar-refractivity contribution in [3.8, 4) is 0 Å². The van der Waals surface area contributed by atoms with E-state index in [2.05, 4.69) is 35.1 Å². The molecule has 17 heavy (non-hydrogen) atoms. The average Bonchev–Trinajstić information content (AvgIpc) is 2.25. The molecule has 1 atom stereocenters. The van der Waals surface area contributed by atoms with Crippen molar-refractivity contribution in [2.24, 2.45) is 5.92 Å². The second-order valence-corrected chi connectivity index (χ2v) is 5.75. The van der Waals surface area contributed by atoms with Gasteiger partial charge in [0.05, 0.1) is 0 Å². The summed E-state index contributed by atoms with van der Waals surface area (Å²) in [6.45, 7) is 4.43. The van der Waals surface area contributed by atoms with Crippen LogP contribution < -0.4 is 5.32 Å². The van der Waals surface area contributed by atoms with Crippen LogP contribution in [0.15, 0.2) is 22.7 Å². The molecule has 0 radical (unpaired) electrons. The molecule has 3 heteroatoms. The number of nitrogens with one attached hydrogen (secondary N) is 1. The van der Waals surface area contributed by atoms with Gasteiger partial charge in [-0.2, -0.15) is 0 Å². The fraction of sp³-hybridized carbons (Fsp3) is 0.571. The van der Waals surface area contributed by atoms with E-state index in [1.165, 1.54) is 12.5 Å². The highest BCUT2D eigenvalue weighted by Crippen LogP contribution is 2.25. The predicted octanol–water partition coefficient (Wildman–Crippen LogP) is 4.68. The van der Waals surface area contributed by atoms with Crippen LogP contribution in [-0.2, 0) is 0 Å². The maximum Gasteiger partial charge on any atom is 0.129 e. The monoisotopic (exact) mass is 301 g/mol. The Morgan fingerprint density at radius 3 is 2.53 bits per heavy atom. The van der Waals surface area contributed by atoms with Gasteiger partial charge in [-0.05, 0) is 31.5 Å². The molecule has 96 valence electrons. The zero-order valence-corrected chi connectivity index (χ0v) is 12.3. The normalized spacial score (nSPS) is 13.1. The van der Waals surface area contributed by atoms with Gasteiger partial charge in [0.2, 0.25) is 0 Å². The third kappa shape index (κ3) is 4.76. The average molecular weight is 302 g/mol. The first kappa shape index (κ1) is 14.7. The first-order valence-electron chi connectivity index (χ1n) is 6.16. The Balaban J connectivity index is 2.66. The molecule has 0 aliphatic rings. The summed E-state index contributed by atoms with van der Waals surface area (Å²) in [7, 11) is 1.89. The van der Waals surface area contributed by atoms with Gasteiger partial charge in [-0.3, -0.25) is 0 Å². The van der Waals surface area contributed by atoms with Gasteiger partial charge in [0.15, 0.2) is 0 Å². The van der Waals surface area contributed by atoms with Crippen molar-refractivity contribution in [2.45, 2.75) is 39.2 Å². The molecule has 1 unspecified atom stereocenters. The zero-order valence-electron chi connectivity index (χ0n) is 10.8. The SMILES string of the molecule is CNC(CCCC(C)C)c1ccc(Br)cc1F. The molecule has 1 rings (SSSR count). The fourth-order valence-electron chi connectivity index (χ4n) is 1.97. The minimum absolute atomic E-state index is 0.113. The lowest BCUT2D eigenvalue weighted by Crippen LogP contribution is -2.17. The van der Waals surface area contributed by atoms with E-state index in [0.717, 1.165) is 22.9 Å². The molecule has 1 aromatic carbocycles. The number of rotatable bonds is 6. The quantitative estimate of drug-likeness (QED) is 0.805. The fourth-order valence-corrected chi connectivity index (χ4v) is 2.30. The molecule has 0 aliphatic heterocycles. The summed E-state index contributed by atoms with van der Waals surface area (Å²) in [6.07, 6.45) is 3.29. The third-order valence-corrected chi connectivity index (χ3v) is 3.45. The Morgan fingerprint density at radius 2 is 2.00 bits per heavy atom. The van der Waals surface area contributed by atoms with E-state index in [4.69, 9.17) is 0 Å². The van der Waals surface area contributed by atoms with Crippen LogP contribution in [0.3, 0.4) is 0 Å². The van der Waals surface area contributed by atoms with Crippen molar-refractivity contribution in [3.63, 3.8) is 0 Å².